The van der Waals surface area contributed by atoms with Crippen LogP contribution in [0.1, 0.15) is 22.8 Å². The summed E-state index contributed by atoms with van der Waals surface area (Å²) in [6.45, 7) is 2.42. The number of rotatable bonds is 8. The van der Waals surface area contributed by atoms with Crippen molar-refractivity contribution in [1.82, 2.24) is 4.83 Å². The fourth-order valence-electron chi connectivity index (χ4n) is 2.48. The number of hydrogen-bond acceptors (Lipinski definition) is 6. The Morgan fingerprint density at radius 1 is 0.968 bits per heavy atom. The Labute approximate surface area is 185 Å². The Morgan fingerprint density at radius 3 is 2.19 bits per heavy atom. The summed E-state index contributed by atoms with van der Waals surface area (Å²) in [6.07, 6.45) is 1.34. The first-order valence-corrected chi connectivity index (χ1v) is 11.1. The van der Waals surface area contributed by atoms with Gasteiger partial charge >= 0.3 is 5.97 Å². The van der Waals surface area contributed by atoms with Crippen molar-refractivity contribution in [2.75, 3.05) is 6.61 Å². The van der Waals surface area contributed by atoms with E-state index in [1.807, 2.05) is 6.92 Å². The SMILES string of the molecule is CCOc1ccc(C(=O)Oc2ccc(C=NNS(=O)(=O)c3ccc(Cl)cc3)cc2)cc1. The van der Waals surface area contributed by atoms with Gasteiger partial charge in [-0.05, 0) is 85.3 Å². The molecule has 7 nitrogen and oxygen atoms in total. The van der Waals surface area contributed by atoms with Crippen LogP contribution in [0.15, 0.2) is 82.8 Å². The first-order chi connectivity index (χ1) is 14.9. The largest absolute Gasteiger partial charge is 0.494 e. The summed E-state index contributed by atoms with van der Waals surface area (Å²) in [7, 11) is -3.79. The molecule has 3 rings (SSSR count). The van der Waals surface area contributed by atoms with Crippen LogP contribution in [-0.4, -0.2) is 27.2 Å². The van der Waals surface area contributed by atoms with Gasteiger partial charge in [0.15, 0.2) is 0 Å². The highest BCUT2D eigenvalue weighted by Crippen LogP contribution is 2.17. The topological polar surface area (TPSA) is 94.1 Å². The normalized spacial score (nSPS) is 11.3. The molecule has 0 bridgehead atoms. The van der Waals surface area contributed by atoms with Crippen LogP contribution in [0, 0.1) is 0 Å². The Kier molecular flexibility index (Phi) is 7.28. The van der Waals surface area contributed by atoms with Crippen molar-refractivity contribution in [3.05, 3.63) is 88.9 Å². The van der Waals surface area contributed by atoms with Crippen LogP contribution in [0.2, 0.25) is 5.02 Å². The molecule has 0 atom stereocenters. The van der Waals surface area contributed by atoms with Gasteiger partial charge in [0.2, 0.25) is 0 Å². The minimum Gasteiger partial charge on any atom is -0.494 e. The number of nitrogens with zero attached hydrogens (tertiary/aromatic N) is 1. The number of hydrogen-bond donors (Lipinski definition) is 1. The number of benzene rings is 3. The van der Waals surface area contributed by atoms with E-state index in [4.69, 9.17) is 21.1 Å². The average molecular weight is 459 g/mol. The molecule has 0 aliphatic rings. The third-order valence-corrected chi connectivity index (χ3v) is 5.49. The molecule has 0 heterocycles. The smallest absolute Gasteiger partial charge is 0.343 e. The van der Waals surface area contributed by atoms with E-state index in [0.717, 1.165) is 0 Å². The van der Waals surface area contributed by atoms with Crippen LogP contribution >= 0.6 is 11.6 Å². The zero-order valence-electron chi connectivity index (χ0n) is 16.5. The Bertz CT molecular complexity index is 1160. The van der Waals surface area contributed by atoms with E-state index in [1.165, 1.54) is 30.5 Å². The van der Waals surface area contributed by atoms with E-state index in [0.29, 0.717) is 34.3 Å². The van der Waals surface area contributed by atoms with Crippen LogP contribution in [0.4, 0.5) is 0 Å². The lowest BCUT2D eigenvalue weighted by Crippen LogP contribution is -2.18. The highest BCUT2D eigenvalue weighted by Gasteiger charge is 2.12. The van der Waals surface area contributed by atoms with E-state index < -0.39 is 16.0 Å². The lowest BCUT2D eigenvalue weighted by Gasteiger charge is -2.06. The van der Waals surface area contributed by atoms with E-state index >= 15 is 0 Å². The number of halogens is 1. The van der Waals surface area contributed by atoms with Crippen LogP contribution in [0.3, 0.4) is 0 Å². The van der Waals surface area contributed by atoms with Gasteiger partial charge in [0.1, 0.15) is 11.5 Å². The van der Waals surface area contributed by atoms with Crippen LogP contribution < -0.4 is 14.3 Å². The van der Waals surface area contributed by atoms with E-state index in [9.17, 15) is 13.2 Å². The molecule has 0 aliphatic heterocycles. The molecule has 0 aliphatic carbocycles. The summed E-state index contributed by atoms with van der Waals surface area (Å²) in [5.74, 6) is 0.521. The zero-order valence-corrected chi connectivity index (χ0v) is 18.1. The minimum atomic E-state index is -3.79. The number of hydrazone groups is 1. The highest BCUT2D eigenvalue weighted by molar-refractivity contribution is 7.89. The van der Waals surface area contributed by atoms with Gasteiger partial charge in [-0.3, -0.25) is 0 Å². The summed E-state index contributed by atoms with van der Waals surface area (Å²) in [6, 6.07) is 18.8. The Hall–Kier alpha value is -3.36. The Balaban J connectivity index is 1.58. The van der Waals surface area contributed by atoms with E-state index in [2.05, 4.69) is 9.93 Å². The van der Waals surface area contributed by atoms with Crippen molar-refractivity contribution in [2.24, 2.45) is 5.10 Å². The van der Waals surface area contributed by atoms with Gasteiger partial charge in [0.25, 0.3) is 10.0 Å². The van der Waals surface area contributed by atoms with Gasteiger partial charge < -0.3 is 9.47 Å². The quantitative estimate of drug-likeness (QED) is 0.235. The summed E-state index contributed by atoms with van der Waals surface area (Å²) in [4.78, 5) is 14.4. The number of carbonyl (C=O) groups excluding carboxylic acids is 1. The maximum atomic E-state index is 12.2. The second-order valence-corrected chi connectivity index (χ2v) is 8.32. The van der Waals surface area contributed by atoms with Crippen molar-refractivity contribution >= 4 is 33.8 Å². The lowest BCUT2D eigenvalue weighted by molar-refractivity contribution is 0.0734. The molecule has 3 aromatic carbocycles. The first-order valence-electron chi connectivity index (χ1n) is 9.23. The molecule has 9 heteroatoms. The zero-order chi connectivity index (χ0) is 22.3. The molecule has 0 unspecified atom stereocenters. The molecule has 3 aromatic rings. The fraction of sp³-hybridized carbons (Fsp3) is 0.0909. The second kappa shape index (κ2) is 10.1. The molecule has 0 radical (unpaired) electrons. The molecule has 1 N–H and O–H groups in total. The molecule has 0 fully saturated rings. The van der Waals surface area contributed by atoms with Crippen molar-refractivity contribution in [2.45, 2.75) is 11.8 Å². The molecule has 31 heavy (non-hydrogen) atoms. The summed E-state index contributed by atoms with van der Waals surface area (Å²) in [5, 5.41) is 4.19. The van der Waals surface area contributed by atoms with Gasteiger partial charge in [0, 0.05) is 5.02 Å². The molecule has 0 amide bonds. The summed E-state index contributed by atoms with van der Waals surface area (Å²) in [5.41, 5.74) is 1.00. The van der Waals surface area contributed by atoms with Gasteiger partial charge in [-0.25, -0.2) is 9.63 Å². The fourth-order valence-corrected chi connectivity index (χ4v) is 3.40. The maximum Gasteiger partial charge on any atom is 0.343 e. The second-order valence-electron chi connectivity index (χ2n) is 6.22. The number of nitrogens with one attached hydrogen (secondary N) is 1. The summed E-state index contributed by atoms with van der Waals surface area (Å²) < 4.78 is 35.0. The van der Waals surface area contributed by atoms with Crippen LogP contribution in [0.5, 0.6) is 11.5 Å². The average Bonchev–Trinajstić information content (AvgIpc) is 2.76. The monoisotopic (exact) mass is 458 g/mol. The molecule has 0 saturated heterocycles. The number of esters is 1. The first kappa shape index (κ1) is 22.3. The van der Waals surface area contributed by atoms with Crippen molar-refractivity contribution < 1.29 is 22.7 Å². The molecule has 0 aromatic heterocycles. The third-order valence-electron chi connectivity index (χ3n) is 4.00. The lowest BCUT2D eigenvalue weighted by atomic mass is 10.2. The Morgan fingerprint density at radius 2 is 1.58 bits per heavy atom. The van der Waals surface area contributed by atoms with Gasteiger partial charge in [0.05, 0.1) is 23.3 Å². The molecule has 0 spiro atoms. The van der Waals surface area contributed by atoms with Crippen molar-refractivity contribution in [1.29, 1.82) is 0 Å². The summed E-state index contributed by atoms with van der Waals surface area (Å²) >= 11 is 5.76. The predicted octanol–water partition coefficient (Wildman–Crippen LogP) is 4.27. The molecular formula is C22H19ClN2O5S. The van der Waals surface area contributed by atoms with E-state index in [1.54, 1.807) is 48.5 Å². The van der Waals surface area contributed by atoms with Crippen LogP contribution in [0.25, 0.3) is 0 Å². The maximum absolute atomic E-state index is 12.2. The van der Waals surface area contributed by atoms with Gasteiger partial charge in [-0.15, -0.1) is 0 Å². The predicted molar refractivity (Wildman–Crippen MR) is 118 cm³/mol. The standard InChI is InChI=1S/C22H19ClN2O5S/c1-2-29-19-11-5-17(6-12-19)22(26)30-20-9-3-16(4-10-20)15-24-25-31(27,28)21-13-7-18(23)8-14-21/h3-15,25H,2H2,1H3. The number of ether oxygens (including phenoxy) is 2. The van der Waals surface area contributed by atoms with Gasteiger partial charge in [-0.2, -0.15) is 13.5 Å². The van der Waals surface area contributed by atoms with Crippen molar-refractivity contribution in [3.63, 3.8) is 0 Å². The minimum absolute atomic E-state index is 0.0469. The van der Waals surface area contributed by atoms with Gasteiger partial charge in [-0.1, -0.05) is 11.6 Å². The third kappa shape index (κ3) is 6.31. The molecule has 0 saturated carbocycles. The number of sulfonamides is 1. The van der Waals surface area contributed by atoms with Crippen LogP contribution in [-0.2, 0) is 10.0 Å². The van der Waals surface area contributed by atoms with E-state index in [-0.39, 0.29) is 4.90 Å². The molecular weight excluding hydrogens is 440 g/mol. The molecule has 160 valence electrons. The highest BCUT2D eigenvalue weighted by atomic mass is 35.5. The number of carbonyl (C=O) groups is 1. The van der Waals surface area contributed by atoms with Crippen molar-refractivity contribution in [3.8, 4) is 11.5 Å².